The molecule has 0 atom stereocenters. The molecule has 1 saturated carbocycles. The van der Waals surface area contributed by atoms with Crippen LogP contribution in [0.5, 0.6) is 0 Å². The number of hydrogen-bond donors (Lipinski definition) is 1. The highest BCUT2D eigenvalue weighted by atomic mass is 19.3. The van der Waals surface area contributed by atoms with Gasteiger partial charge in [-0.05, 0) is 50.6 Å². The van der Waals surface area contributed by atoms with Crippen molar-refractivity contribution in [2.75, 3.05) is 13.1 Å². The Morgan fingerprint density at radius 1 is 1.19 bits per heavy atom. The molecule has 0 bridgehead atoms. The quantitative estimate of drug-likeness (QED) is 0.687. The minimum atomic E-state index is -2.37. The lowest BCUT2D eigenvalue weighted by molar-refractivity contribution is -0.0464. The van der Waals surface area contributed by atoms with Crippen molar-refractivity contribution in [1.82, 2.24) is 5.32 Å². The van der Waals surface area contributed by atoms with Crippen LogP contribution in [-0.4, -0.2) is 19.0 Å². The average molecular weight is 233 g/mol. The summed E-state index contributed by atoms with van der Waals surface area (Å²) in [6, 6.07) is 0. The standard InChI is InChI=1S/C13H25F2N/c1-11(2)5-9-16-10-6-12-3-7-13(14,15)8-4-12/h11-12,16H,3-10H2,1-2H3. The molecule has 1 aliphatic carbocycles. The molecular formula is C13H25F2N. The van der Waals surface area contributed by atoms with Crippen molar-refractivity contribution in [3.05, 3.63) is 0 Å². The Labute approximate surface area is 98.0 Å². The molecule has 1 fully saturated rings. The maximum atomic E-state index is 12.9. The third kappa shape index (κ3) is 5.78. The molecule has 3 heteroatoms. The number of halogens is 2. The summed E-state index contributed by atoms with van der Waals surface area (Å²) in [5, 5.41) is 3.40. The molecule has 1 rings (SSSR count). The van der Waals surface area contributed by atoms with Gasteiger partial charge in [0.2, 0.25) is 5.92 Å². The van der Waals surface area contributed by atoms with Gasteiger partial charge in [0.25, 0.3) is 0 Å². The number of rotatable bonds is 6. The zero-order chi connectivity index (χ0) is 12.0. The van der Waals surface area contributed by atoms with E-state index in [-0.39, 0.29) is 12.8 Å². The number of nitrogens with one attached hydrogen (secondary N) is 1. The van der Waals surface area contributed by atoms with E-state index in [4.69, 9.17) is 0 Å². The molecule has 0 heterocycles. The second kappa shape index (κ2) is 6.53. The second-order valence-electron chi connectivity index (χ2n) is 5.52. The molecule has 0 saturated heterocycles. The maximum Gasteiger partial charge on any atom is 0.248 e. The zero-order valence-corrected chi connectivity index (χ0v) is 10.6. The van der Waals surface area contributed by atoms with Gasteiger partial charge >= 0.3 is 0 Å². The molecule has 0 aliphatic heterocycles. The van der Waals surface area contributed by atoms with Gasteiger partial charge in [-0.15, -0.1) is 0 Å². The number of hydrogen-bond acceptors (Lipinski definition) is 1. The van der Waals surface area contributed by atoms with Crippen molar-refractivity contribution < 1.29 is 8.78 Å². The molecule has 16 heavy (non-hydrogen) atoms. The van der Waals surface area contributed by atoms with Crippen molar-refractivity contribution in [2.45, 2.75) is 58.3 Å². The summed E-state index contributed by atoms with van der Waals surface area (Å²) >= 11 is 0. The van der Waals surface area contributed by atoms with Crippen LogP contribution >= 0.6 is 0 Å². The fourth-order valence-electron chi connectivity index (χ4n) is 2.21. The van der Waals surface area contributed by atoms with Gasteiger partial charge in [-0.25, -0.2) is 8.78 Å². The van der Waals surface area contributed by atoms with Crippen LogP contribution in [0, 0.1) is 11.8 Å². The summed E-state index contributed by atoms with van der Waals surface area (Å²) in [6.07, 6.45) is 3.88. The Balaban J connectivity index is 1.98. The zero-order valence-electron chi connectivity index (χ0n) is 10.6. The second-order valence-corrected chi connectivity index (χ2v) is 5.52. The summed E-state index contributed by atoms with van der Waals surface area (Å²) in [4.78, 5) is 0. The van der Waals surface area contributed by atoms with Crippen molar-refractivity contribution in [2.24, 2.45) is 11.8 Å². The van der Waals surface area contributed by atoms with Gasteiger partial charge in [-0.3, -0.25) is 0 Å². The van der Waals surface area contributed by atoms with Crippen LogP contribution in [0.2, 0.25) is 0 Å². The van der Waals surface area contributed by atoms with E-state index in [2.05, 4.69) is 19.2 Å². The third-order valence-electron chi connectivity index (χ3n) is 3.46. The van der Waals surface area contributed by atoms with Crippen LogP contribution in [0.1, 0.15) is 52.4 Å². The Hall–Kier alpha value is -0.180. The van der Waals surface area contributed by atoms with Crippen LogP contribution in [0.25, 0.3) is 0 Å². The van der Waals surface area contributed by atoms with Crippen molar-refractivity contribution in [1.29, 1.82) is 0 Å². The van der Waals surface area contributed by atoms with Gasteiger partial charge in [0, 0.05) is 12.8 Å². The molecule has 96 valence electrons. The summed E-state index contributed by atoms with van der Waals surface area (Å²) in [5.74, 6) is -1.12. The minimum absolute atomic E-state index is 0.101. The summed E-state index contributed by atoms with van der Waals surface area (Å²) < 4.78 is 25.8. The highest BCUT2D eigenvalue weighted by molar-refractivity contribution is 4.77. The molecule has 0 aromatic heterocycles. The maximum absolute atomic E-state index is 12.9. The summed E-state index contributed by atoms with van der Waals surface area (Å²) in [5.41, 5.74) is 0. The molecule has 1 nitrogen and oxygen atoms in total. The molecule has 0 spiro atoms. The molecule has 0 radical (unpaired) electrons. The Morgan fingerprint density at radius 3 is 2.38 bits per heavy atom. The normalized spacial score (nSPS) is 21.6. The molecule has 0 amide bonds. The molecule has 1 N–H and O–H groups in total. The van der Waals surface area contributed by atoms with Gasteiger partial charge in [0.15, 0.2) is 0 Å². The summed E-state index contributed by atoms with van der Waals surface area (Å²) in [6.45, 7) is 6.47. The lowest BCUT2D eigenvalue weighted by Gasteiger charge is -2.28. The first-order valence-corrected chi connectivity index (χ1v) is 6.58. The fourth-order valence-corrected chi connectivity index (χ4v) is 2.21. The fraction of sp³-hybridized carbons (Fsp3) is 1.00. The topological polar surface area (TPSA) is 12.0 Å². The first-order chi connectivity index (χ1) is 7.49. The van der Waals surface area contributed by atoms with E-state index in [9.17, 15) is 8.78 Å². The third-order valence-corrected chi connectivity index (χ3v) is 3.46. The van der Waals surface area contributed by atoms with Crippen LogP contribution in [0.15, 0.2) is 0 Å². The molecular weight excluding hydrogens is 208 g/mol. The van der Waals surface area contributed by atoms with Crippen molar-refractivity contribution in [3.63, 3.8) is 0 Å². The Morgan fingerprint density at radius 2 is 1.81 bits per heavy atom. The van der Waals surface area contributed by atoms with Gasteiger partial charge in [0.05, 0.1) is 0 Å². The van der Waals surface area contributed by atoms with Crippen LogP contribution in [0.3, 0.4) is 0 Å². The monoisotopic (exact) mass is 233 g/mol. The van der Waals surface area contributed by atoms with E-state index >= 15 is 0 Å². The lowest BCUT2D eigenvalue weighted by atomic mass is 9.85. The average Bonchev–Trinajstić information content (AvgIpc) is 2.19. The van der Waals surface area contributed by atoms with Crippen LogP contribution in [-0.2, 0) is 0 Å². The van der Waals surface area contributed by atoms with Crippen LogP contribution < -0.4 is 5.32 Å². The molecule has 0 aromatic carbocycles. The van der Waals surface area contributed by atoms with E-state index in [1.54, 1.807) is 0 Å². The minimum Gasteiger partial charge on any atom is -0.317 e. The van der Waals surface area contributed by atoms with Crippen molar-refractivity contribution >= 4 is 0 Å². The van der Waals surface area contributed by atoms with E-state index in [1.165, 1.54) is 6.42 Å². The summed E-state index contributed by atoms with van der Waals surface area (Å²) in [7, 11) is 0. The van der Waals surface area contributed by atoms with E-state index in [0.717, 1.165) is 25.4 Å². The van der Waals surface area contributed by atoms with Gasteiger partial charge in [-0.2, -0.15) is 0 Å². The predicted molar refractivity (Wildman–Crippen MR) is 63.8 cm³/mol. The van der Waals surface area contributed by atoms with Crippen LogP contribution in [0.4, 0.5) is 8.78 Å². The van der Waals surface area contributed by atoms with Crippen molar-refractivity contribution in [3.8, 4) is 0 Å². The van der Waals surface area contributed by atoms with E-state index in [0.29, 0.717) is 18.8 Å². The van der Waals surface area contributed by atoms with Gasteiger partial charge in [-0.1, -0.05) is 13.8 Å². The highest BCUT2D eigenvalue weighted by Crippen LogP contribution is 2.37. The predicted octanol–water partition coefficient (Wildman–Crippen LogP) is 3.84. The Bertz CT molecular complexity index is 182. The largest absolute Gasteiger partial charge is 0.317 e. The smallest absolute Gasteiger partial charge is 0.248 e. The van der Waals surface area contributed by atoms with E-state index < -0.39 is 5.92 Å². The van der Waals surface area contributed by atoms with Gasteiger partial charge in [0.1, 0.15) is 0 Å². The Kier molecular flexibility index (Phi) is 5.67. The SMILES string of the molecule is CC(C)CCNCCC1CCC(F)(F)CC1. The lowest BCUT2D eigenvalue weighted by Crippen LogP contribution is -2.27. The molecule has 1 aliphatic rings. The first kappa shape index (κ1) is 13.9. The molecule has 0 unspecified atom stereocenters. The number of alkyl halides is 2. The van der Waals surface area contributed by atoms with E-state index in [1.807, 2.05) is 0 Å². The van der Waals surface area contributed by atoms with Gasteiger partial charge < -0.3 is 5.32 Å². The first-order valence-electron chi connectivity index (χ1n) is 6.58. The highest BCUT2D eigenvalue weighted by Gasteiger charge is 2.34. The molecule has 0 aromatic rings.